The summed E-state index contributed by atoms with van der Waals surface area (Å²) in [5.41, 5.74) is 1.04. The van der Waals surface area contributed by atoms with E-state index in [9.17, 15) is 4.79 Å². The number of alkyl halides is 1. The fraction of sp³-hybridized carbons (Fsp3) is 0.533. The van der Waals surface area contributed by atoms with Gasteiger partial charge >= 0.3 is 0 Å². The number of nitrogens with zero attached hydrogens (tertiary/aromatic N) is 1. The van der Waals surface area contributed by atoms with Crippen molar-refractivity contribution in [1.82, 2.24) is 4.90 Å². The van der Waals surface area contributed by atoms with Crippen molar-refractivity contribution < 1.29 is 9.53 Å². The molecule has 102 valence electrons. The van der Waals surface area contributed by atoms with E-state index in [1.165, 1.54) is 0 Å². The van der Waals surface area contributed by atoms with Crippen molar-refractivity contribution in [2.45, 2.75) is 18.8 Å². The summed E-state index contributed by atoms with van der Waals surface area (Å²) in [7, 11) is 0. The van der Waals surface area contributed by atoms with Crippen molar-refractivity contribution >= 4 is 17.5 Å². The summed E-state index contributed by atoms with van der Waals surface area (Å²) in [6.07, 6.45) is 2.08. The van der Waals surface area contributed by atoms with Gasteiger partial charge in [0.05, 0.1) is 0 Å². The van der Waals surface area contributed by atoms with Crippen LogP contribution in [0.4, 0.5) is 0 Å². The molecule has 0 bridgehead atoms. The quantitative estimate of drug-likeness (QED) is 0.796. The molecule has 3 nitrogen and oxygen atoms in total. The van der Waals surface area contributed by atoms with Gasteiger partial charge in [0, 0.05) is 24.5 Å². The Morgan fingerprint density at radius 1 is 1.42 bits per heavy atom. The van der Waals surface area contributed by atoms with Crippen molar-refractivity contribution in [2.24, 2.45) is 5.92 Å². The summed E-state index contributed by atoms with van der Waals surface area (Å²) in [5, 5.41) is 0. The lowest BCUT2D eigenvalue weighted by Gasteiger charge is -2.20. The van der Waals surface area contributed by atoms with E-state index in [2.05, 4.69) is 0 Å². The molecule has 0 aromatic heterocycles. The van der Waals surface area contributed by atoms with Crippen LogP contribution >= 0.6 is 11.6 Å². The zero-order valence-corrected chi connectivity index (χ0v) is 11.6. The maximum Gasteiger partial charge on any atom is 0.233 e. The highest BCUT2D eigenvalue weighted by Crippen LogP contribution is 2.35. The summed E-state index contributed by atoms with van der Waals surface area (Å²) in [6, 6.07) is 7.84. The zero-order chi connectivity index (χ0) is 13.2. The van der Waals surface area contributed by atoms with E-state index in [1.54, 1.807) is 0 Å². The molecule has 2 aliphatic heterocycles. The predicted octanol–water partition coefficient (Wildman–Crippen LogP) is 2.64. The molecule has 0 N–H and O–H groups in total. The zero-order valence-electron chi connectivity index (χ0n) is 10.8. The van der Waals surface area contributed by atoms with Gasteiger partial charge in [0.2, 0.25) is 5.91 Å². The summed E-state index contributed by atoms with van der Waals surface area (Å²) >= 11 is 5.78. The minimum atomic E-state index is -0.119. The van der Waals surface area contributed by atoms with Crippen LogP contribution in [0.2, 0.25) is 0 Å². The van der Waals surface area contributed by atoms with Gasteiger partial charge in [0.25, 0.3) is 0 Å². The first kappa shape index (κ1) is 12.8. The molecular formula is C15H18ClNO2. The van der Waals surface area contributed by atoms with Crippen molar-refractivity contribution in [3.05, 3.63) is 29.8 Å². The fourth-order valence-electron chi connectivity index (χ4n) is 3.01. The van der Waals surface area contributed by atoms with Crippen molar-refractivity contribution in [3.63, 3.8) is 0 Å². The van der Waals surface area contributed by atoms with Crippen LogP contribution in [0, 0.1) is 5.92 Å². The van der Waals surface area contributed by atoms with Gasteiger partial charge < -0.3 is 9.64 Å². The number of fused-ring (bicyclic) bond motifs is 1. The van der Waals surface area contributed by atoms with Crippen LogP contribution in [0.3, 0.4) is 0 Å². The molecule has 4 heteroatoms. The van der Waals surface area contributed by atoms with E-state index in [4.69, 9.17) is 16.3 Å². The van der Waals surface area contributed by atoms with E-state index >= 15 is 0 Å². The molecule has 19 heavy (non-hydrogen) atoms. The van der Waals surface area contributed by atoms with Crippen LogP contribution < -0.4 is 4.74 Å². The van der Waals surface area contributed by atoms with Gasteiger partial charge in [0.1, 0.15) is 18.3 Å². The minimum Gasteiger partial charge on any atom is -0.492 e. The third-order valence-corrected chi connectivity index (χ3v) is 4.33. The van der Waals surface area contributed by atoms with Crippen LogP contribution in [0.15, 0.2) is 24.3 Å². The maximum absolute atomic E-state index is 12.6. The van der Waals surface area contributed by atoms with Gasteiger partial charge in [-0.2, -0.15) is 0 Å². The third kappa shape index (κ3) is 2.44. The van der Waals surface area contributed by atoms with Crippen LogP contribution in [-0.4, -0.2) is 36.4 Å². The number of para-hydroxylation sites is 1. The molecule has 2 heterocycles. The summed E-state index contributed by atoms with van der Waals surface area (Å²) in [6.45, 7) is 2.19. The van der Waals surface area contributed by atoms with Gasteiger partial charge in [-0.1, -0.05) is 18.2 Å². The first-order chi connectivity index (χ1) is 9.29. The molecule has 0 aliphatic carbocycles. The molecule has 2 unspecified atom stereocenters. The first-order valence-corrected chi connectivity index (χ1v) is 7.39. The molecule has 1 fully saturated rings. The van der Waals surface area contributed by atoms with Gasteiger partial charge in [-0.05, 0) is 24.8 Å². The van der Waals surface area contributed by atoms with E-state index in [0.29, 0.717) is 18.4 Å². The number of carbonyl (C=O) groups excluding carboxylic acids is 1. The van der Waals surface area contributed by atoms with Gasteiger partial charge in [-0.15, -0.1) is 11.6 Å². The Labute approximate surface area is 118 Å². The standard InChI is InChI=1S/C15H18ClNO2/c16-7-5-11-6-8-17(9-11)15(18)13-10-19-14-4-2-1-3-12(13)14/h1-4,11,13H,5-10H2. The highest BCUT2D eigenvalue weighted by atomic mass is 35.5. The number of likely N-dealkylation sites (tertiary alicyclic amines) is 1. The average molecular weight is 280 g/mol. The molecule has 2 aliphatic rings. The number of benzene rings is 1. The number of rotatable bonds is 3. The lowest BCUT2D eigenvalue weighted by molar-refractivity contribution is -0.132. The number of hydrogen-bond acceptors (Lipinski definition) is 2. The topological polar surface area (TPSA) is 29.5 Å². The van der Waals surface area contributed by atoms with Gasteiger partial charge in [-0.25, -0.2) is 0 Å². The number of amides is 1. The average Bonchev–Trinajstić information content (AvgIpc) is 3.05. The third-order valence-electron chi connectivity index (χ3n) is 4.11. The van der Waals surface area contributed by atoms with Gasteiger partial charge in [0.15, 0.2) is 0 Å². The SMILES string of the molecule is O=C(C1COc2ccccc21)N1CCC(CCCl)C1. The second kappa shape index (κ2) is 5.41. The second-order valence-corrected chi connectivity index (χ2v) is 5.70. The normalized spacial score (nSPS) is 25.2. The Kier molecular flexibility index (Phi) is 3.65. The van der Waals surface area contributed by atoms with Crippen molar-refractivity contribution in [3.8, 4) is 5.75 Å². The van der Waals surface area contributed by atoms with E-state index in [0.717, 1.165) is 37.2 Å². The molecule has 1 saturated heterocycles. The van der Waals surface area contributed by atoms with Crippen LogP contribution in [0.5, 0.6) is 5.75 Å². The molecule has 1 aromatic rings. The first-order valence-electron chi connectivity index (χ1n) is 6.86. The summed E-state index contributed by atoms with van der Waals surface area (Å²) in [4.78, 5) is 14.6. The Morgan fingerprint density at radius 2 is 2.26 bits per heavy atom. The Balaban J connectivity index is 1.69. The van der Waals surface area contributed by atoms with Gasteiger partial charge in [-0.3, -0.25) is 4.79 Å². The molecule has 0 radical (unpaired) electrons. The monoisotopic (exact) mass is 279 g/mol. The molecular weight excluding hydrogens is 262 g/mol. The maximum atomic E-state index is 12.6. The highest BCUT2D eigenvalue weighted by Gasteiger charge is 2.35. The molecule has 0 spiro atoms. The highest BCUT2D eigenvalue weighted by molar-refractivity contribution is 6.17. The Bertz CT molecular complexity index is 477. The lowest BCUT2D eigenvalue weighted by Crippen LogP contribution is -2.34. The largest absolute Gasteiger partial charge is 0.492 e. The molecule has 1 aromatic carbocycles. The Morgan fingerprint density at radius 3 is 3.11 bits per heavy atom. The number of carbonyl (C=O) groups is 1. The fourth-order valence-corrected chi connectivity index (χ4v) is 3.32. The van der Waals surface area contributed by atoms with Crippen molar-refractivity contribution in [2.75, 3.05) is 25.6 Å². The predicted molar refractivity (Wildman–Crippen MR) is 74.7 cm³/mol. The minimum absolute atomic E-state index is 0.119. The van der Waals surface area contributed by atoms with Crippen LogP contribution in [0.1, 0.15) is 24.3 Å². The summed E-state index contributed by atoms with van der Waals surface area (Å²) in [5.74, 6) is 2.20. The molecule has 0 saturated carbocycles. The second-order valence-electron chi connectivity index (χ2n) is 5.32. The van der Waals surface area contributed by atoms with Crippen molar-refractivity contribution in [1.29, 1.82) is 0 Å². The number of hydrogen-bond donors (Lipinski definition) is 0. The molecule has 1 amide bonds. The number of ether oxygens (including phenoxy) is 1. The van der Waals surface area contributed by atoms with Crippen LogP contribution in [-0.2, 0) is 4.79 Å². The number of halogens is 1. The van der Waals surface area contributed by atoms with E-state index in [1.807, 2.05) is 29.2 Å². The van der Waals surface area contributed by atoms with E-state index in [-0.39, 0.29) is 11.8 Å². The van der Waals surface area contributed by atoms with Crippen LogP contribution in [0.25, 0.3) is 0 Å². The lowest BCUT2D eigenvalue weighted by atomic mass is 10.00. The smallest absolute Gasteiger partial charge is 0.233 e. The molecule has 2 atom stereocenters. The summed E-state index contributed by atoms with van der Waals surface area (Å²) < 4.78 is 5.60. The molecule has 3 rings (SSSR count). The van der Waals surface area contributed by atoms with E-state index < -0.39 is 0 Å². The Hall–Kier alpha value is -1.22.